The number of hydrogen-bond donors (Lipinski definition) is 1. The molecule has 0 spiro atoms. The maximum atomic E-state index is 13.8. The molecule has 5 nitrogen and oxygen atoms in total. The molecule has 0 aromatic heterocycles. The van der Waals surface area contributed by atoms with Crippen molar-refractivity contribution in [2.24, 2.45) is 0 Å². The molecule has 0 saturated heterocycles. The van der Waals surface area contributed by atoms with Crippen molar-refractivity contribution in [1.82, 2.24) is 15.1 Å². The second-order valence-electron chi connectivity index (χ2n) is 5.84. The van der Waals surface area contributed by atoms with Crippen LogP contribution >= 0.6 is 11.6 Å². The maximum Gasteiger partial charge on any atom is 0.242 e. The molecule has 0 atom stereocenters. The van der Waals surface area contributed by atoms with Gasteiger partial charge in [-0.25, -0.2) is 4.39 Å². The second kappa shape index (κ2) is 8.15. The Morgan fingerprint density at radius 3 is 2.75 bits per heavy atom. The molecule has 1 fully saturated rings. The highest BCUT2D eigenvalue weighted by Gasteiger charge is 2.33. The van der Waals surface area contributed by atoms with Crippen molar-refractivity contribution < 1.29 is 14.0 Å². The van der Waals surface area contributed by atoms with E-state index in [2.05, 4.69) is 11.9 Å². The first-order chi connectivity index (χ1) is 11.4. The highest BCUT2D eigenvalue weighted by molar-refractivity contribution is 6.30. The molecule has 0 heterocycles. The number of amides is 2. The van der Waals surface area contributed by atoms with Crippen molar-refractivity contribution in [2.75, 3.05) is 20.1 Å². The number of nitrogens with zero attached hydrogens (tertiary/aromatic N) is 2. The minimum atomic E-state index is -0.540. The quantitative estimate of drug-likeness (QED) is 0.779. The van der Waals surface area contributed by atoms with Crippen molar-refractivity contribution >= 4 is 23.4 Å². The molecule has 1 aromatic carbocycles. The van der Waals surface area contributed by atoms with Gasteiger partial charge in [0.2, 0.25) is 11.8 Å². The summed E-state index contributed by atoms with van der Waals surface area (Å²) in [6, 6.07) is 4.75. The van der Waals surface area contributed by atoms with E-state index < -0.39 is 5.82 Å². The number of hydrogen-bond acceptors (Lipinski definition) is 3. The van der Waals surface area contributed by atoms with Crippen molar-refractivity contribution in [2.45, 2.75) is 25.4 Å². The summed E-state index contributed by atoms with van der Waals surface area (Å²) in [6.07, 6.45) is 3.37. The molecule has 0 bridgehead atoms. The van der Waals surface area contributed by atoms with Gasteiger partial charge in [0.15, 0.2) is 0 Å². The Balaban J connectivity index is 1.90. The van der Waals surface area contributed by atoms with Gasteiger partial charge in [0.1, 0.15) is 5.82 Å². The van der Waals surface area contributed by atoms with Crippen LogP contribution in [0, 0.1) is 5.82 Å². The third kappa shape index (κ3) is 4.96. The Labute approximate surface area is 146 Å². The van der Waals surface area contributed by atoms with Crippen molar-refractivity contribution in [3.63, 3.8) is 0 Å². The molecule has 1 aliphatic carbocycles. The van der Waals surface area contributed by atoms with E-state index in [1.54, 1.807) is 35.2 Å². The number of carbonyl (C=O) groups is 2. The van der Waals surface area contributed by atoms with Crippen LogP contribution in [0.15, 0.2) is 31.0 Å². The molecule has 130 valence electrons. The van der Waals surface area contributed by atoms with Crippen LogP contribution in [0.1, 0.15) is 18.4 Å². The van der Waals surface area contributed by atoms with Gasteiger partial charge < -0.3 is 15.1 Å². The molecule has 2 amide bonds. The average Bonchev–Trinajstić information content (AvgIpc) is 3.38. The van der Waals surface area contributed by atoms with Gasteiger partial charge >= 0.3 is 0 Å². The Morgan fingerprint density at radius 1 is 1.42 bits per heavy atom. The lowest BCUT2D eigenvalue weighted by atomic mass is 10.2. The zero-order chi connectivity index (χ0) is 17.7. The van der Waals surface area contributed by atoms with Crippen LogP contribution in [-0.4, -0.2) is 47.8 Å². The maximum absolute atomic E-state index is 13.8. The van der Waals surface area contributed by atoms with E-state index in [0.717, 1.165) is 12.8 Å². The molecule has 7 heteroatoms. The van der Waals surface area contributed by atoms with Crippen LogP contribution in [0.25, 0.3) is 0 Å². The molecule has 0 radical (unpaired) electrons. The van der Waals surface area contributed by atoms with Crippen LogP contribution in [-0.2, 0) is 16.1 Å². The first-order valence-corrected chi connectivity index (χ1v) is 8.12. The van der Waals surface area contributed by atoms with E-state index in [1.807, 2.05) is 0 Å². The van der Waals surface area contributed by atoms with Crippen LogP contribution in [0.5, 0.6) is 0 Å². The smallest absolute Gasteiger partial charge is 0.242 e. The predicted molar refractivity (Wildman–Crippen MR) is 90.8 cm³/mol. The van der Waals surface area contributed by atoms with Crippen molar-refractivity contribution in [1.29, 1.82) is 0 Å². The van der Waals surface area contributed by atoms with Gasteiger partial charge in [0.05, 0.1) is 18.1 Å². The number of likely N-dealkylation sites (N-methyl/N-ethyl adjacent to an activating group) is 1. The van der Waals surface area contributed by atoms with Crippen LogP contribution < -0.4 is 5.32 Å². The summed E-state index contributed by atoms with van der Waals surface area (Å²) in [5.41, 5.74) is 0.312. The molecular weight excluding hydrogens is 333 g/mol. The summed E-state index contributed by atoms with van der Waals surface area (Å²) in [7, 11) is 1.75. The lowest BCUT2D eigenvalue weighted by molar-refractivity contribution is -0.137. The topological polar surface area (TPSA) is 52.7 Å². The zero-order valence-corrected chi connectivity index (χ0v) is 14.4. The molecular formula is C17H21ClFN3O2. The minimum Gasteiger partial charge on any atom is -0.372 e. The fourth-order valence-electron chi connectivity index (χ4n) is 2.27. The first kappa shape index (κ1) is 18.3. The Morgan fingerprint density at radius 2 is 2.12 bits per heavy atom. The Bertz CT molecular complexity index is 634. The number of halogens is 2. The van der Waals surface area contributed by atoms with Gasteiger partial charge in [0, 0.05) is 25.2 Å². The van der Waals surface area contributed by atoms with Gasteiger partial charge in [0.25, 0.3) is 0 Å². The van der Waals surface area contributed by atoms with E-state index in [9.17, 15) is 14.0 Å². The van der Waals surface area contributed by atoms with E-state index in [1.165, 1.54) is 6.07 Å². The summed E-state index contributed by atoms with van der Waals surface area (Å²) >= 11 is 5.71. The fraction of sp³-hybridized carbons (Fsp3) is 0.412. The largest absolute Gasteiger partial charge is 0.372 e. The molecule has 1 aliphatic rings. The minimum absolute atomic E-state index is 0.0176. The molecule has 24 heavy (non-hydrogen) atoms. The SMILES string of the molecule is C=CN(C)CC(=O)N(CC(=O)NCc1cccc(Cl)c1F)C1CC1. The van der Waals surface area contributed by atoms with E-state index in [4.69, 9.17) is 11.6 Å². The van der Waals surface area contributed by atoms with E-state index in [-0.39, 0.29) is 42.5 Å². The van der Waals surface area contributed by atoms with E-state index in [0.29, 0.717) is 5.56 Å². The predicted octanol–water partition coefficient (Wildman–Crippen LogP) is 2.16. The summed E-state index contributed by atoms with van der Waals surface area (Å²) in [4.78, 5) is 27.6. The molecule has 1 aromatic rings. The number of rotatable bonds is 8. The highest BCUT2D eigenvalue weighted by Crippen LogP contribution is 2.26. The second-order valence-corrected chi connectivity index (χ2v) is 6.25. The first-order valence-electron chi connectivity index (χ1n) is 7.74. The van der Waals surface area contributed by atoms with Gasteiger partial charge in [-0.2, -0.15) is 0 Å². The van der Waals surface area contributed by atoms with Gasteiger partial charge in [-0.1, -0.05) is 30.3 Å². The normalized spacial score (nSPS) is 13.3. The molecule has 0 unspecified atom stereocenters. The van der Waals surface area contributed by atoms with Crippen molar-refractivity contribution in [3.8, 4) is 0 Å². The van der Waals surface area contributed by atoms with E-state index >= 15 is 0 Å². The molecule has 1 saturated carbocycles. The lowest BCUT2D eigenvalue weighted by Gasteiger charge is -2.24. The van der Waals surface area contributed by atoms with Gasteiger partial charge in [-0.15, -0.1) is 0 Å². The lowest BCUT2D eigenvalue weighted by Crippen LogP contribution is -2.45. The molecule has 2 rings (SSSR count). The summed E-state index contributed by atoms with van der Waals surface area (Å²) < 4.78 is 13.8. The zero-order valence-electron chi connectivity index (χ0n) is 13.6. The van der Waals surface area contributed by atoms with Gasteiger partial charge in [-0.05, 0) is 25.1 Å². The number of carbonyl (C=O) groups excluding carboxylic acids is 2. The average molecular weight is 354 g/mol. The van der Waals surface area contributed by atoms with Crippen LogP contribution in [0.3, 0.4) is 0 Å². The Kier molecular flexibility index (Phi) is 6.20. The summed E-state index contributed by atoms with van der Waals surface area (Å²) in [5, 5.41) is 2.65. The Hall–Kier alpha value is -2.08. The number of benzene rings is 1. The number of nitrogens with one attached hydrogen (secondary N) is 1. The molecule has 1 N–H and O–H groups in total. The third-order valence-corrected chi connectivity index (χ3v) is 4.12. The monoisotopic (exact) mass is 353 g/mol. The fourth-order valence-corrected chi connectivity index (χ4v) is 2.46. The highest BCUT2D eigenvalue weighted by atomic mass is 35.5. The molecule has 0 aliphatic heterocycles. The van der Waals surface area contributed by atoms with Crippen LogP contribution in [0.4, 0.5) is 4.39 Å². The summed E-state index contributed by atoms with van der Waals surface area (Å²) in [5.74, 6) is -0.984. The third-order valence-electron chi connectivity index (χ3n) is 3.83. The van der Waals surface area contributed by atoms with Crippen molar-refractivity contribution in [3.05, 3.63) is 47.4 Å². The van der Waals surface area contributed by atoms with Crippen LogP contribution in [0.2, 0.25) is 5.02 Å². The summed E-state index contributed by atoms with van der Waals surface area (Å²) in [6.45, 7) is 3.78. The van der Waals surface area contributed by atoms with Gasteiger partial charge in [-0.3, -0.25) is 9.59 Å². The standard InChI is InChI=1S/C17H21ClFN3O2/c1-3-21(2)11-16(24)22(13-7-8-13)10-15(23)20-9-12-5-4-6-14(18)17(12)19/h3-6,13H,1,7-11H2,2H3,(H,20,23).